The fourth-order valence-corrected chi connectivity index (χ4v) is 2.84. The first-order chi connectivity index (χ1) is 14.0. The summed E-state index contributed by atoms with van der Waals surface area (Å²) in [5.74, 6) is -2.06. The lowest BCUT2D eigenvalue weighted by Gasteiger charge is -2.09. The average Bonchev–Trinajstić information content (AvgIpc) is 2.70. The van der Waals surface area contributed by atoms with E-state index < -0.39 is 29.1 Å². The van der Waals surface area contributed by atoms with Crippen molar-refractivity contribution in [3.63, 3.8) is 0 Å². The van der Waals surface area contributed by atoms with E-state index in [1.54, 1.807) is 36.0 Å². The van der Waals surface area contributed by atoms with Crippen LogP contribution in [0.15, 0.2) is 71.6 Å². The summed E-state index contributed by atoms with van der Waals surface area (Å²) in [5.41, 5.74) is -0.451. The van der Waals surface area contributed by atoms with Crippen LogP contribution in [-0.2, 0) is 0 Å². The van der Waals surface area contributed by atoms with Crippen molar-refractivity contribution in [2.24, 2.45) is 0 Å². The van der Waals surface area contributed by atoms with E-state index in [1.165, 1.54) is 0 Å². The highest BCUT2D eigenvalue weighted by Gasteiger charge is 2.19. The predicted octanol–water partition coefficient (Wildman–Crippen LogP) is 5.44. The summed E-state index contributed by atoms with van der Waals surface area (Å²) in [7, 11) is 0. The maximum Gasteiger partial charge on any atom is 0.326 e. The summed E-state index contributed by atoms with van der Waals surface area (Å²) in [6.45, 7) is 0. The van der Waals surface area contributed by atoms with Crippen molar-refractivity contribution < 1.29 is 23.1 Å². The molecule has 3 amide bonds. The number of hydrogen-bond acceptors (Lipinski definition) is 4. The van der Waals surface area contributed by atoms with Crippen LogP contribution >= 0.6 is 11.8 Å². The highest BCUT2D eigenvalue weighted by molar-refractivity contribution is 7.98. The number of halogens is 2. The van der Waals surface area contributed by atoms with Gasteiger partial charge in [-0.15, -0.1) is 11.8 Å². The van der Waals surface area contributed by atoms with E-state index in [0.717, 1.165) is 23.1 Å². The number of nitrogens with one attached hydrogen (secondary N) is 2. The van der Waals surface area contributed by atoms with Gasteiger partial charge in [0.2, 0.25) is 0 Å². The molecule has 0 radical (unpaired) electrons. The second kappa shape index (κ2) is 9.20. The number of ether oxygens (including phenoxy) is 1. The molecule has 0 unspecified atom stereocenters. The first kappa shape index (κ1) is 20.3. The lowest BCUT2D eigenvalue weighted by atomic mass is 10.2. The molecule has 0 spiro atoms. The van der Waals surface area contributed by atoms with Gasteiger partial charge in [-0.3, -0.25) is 10.1 Å². The Morgan fingerprint density at radius 1 is 0.862 bits per heavy atom. The third-order valence-electron chi connectivity index (χ3n) is 3.82. The topological polar surface area (TPSA) is 67.4 Å². The molecule has 0 aliphatic carbocycles. The molecule has 0 heterocycles. The van der Waals surface area contributed by atoms with Crippen LogP contribution in [0.1, 0.15) is 10.4 Å². The second-order valence-corrected chi connectivity index (χ2v) is 6.69. The third kappa shape index (κ3) is 5.32. The SMILES string of the molecule is CSc1ccc(Oc2ccc(NC(=O)NC(=O)c3c(F)cccc3F)cc2)cc1. The van der Waals surface area contributed by atoms with Crippen molar-refractivity contribution in [2.75, 3.05) is 11.6 Å². The van der Waals surface area contributed by atoms with Gasteiger partial charge in [0.1, 0.15) is 28.7 Å². The van der Waals surface area contributed by atoms with Gasteiger partial charge < -0.3 is 10.1 Å². The Kier molecular flexibility index (Phi) is 6.46. The quantitative estimate of drug-likeness (QED) is 0.546. The minimum absolute atomic E-state index is 0.370. The fourth-order valence-electron chi connectivity index (χ4n) is 2.43. The van der Waals surface area contributed by atoms with Crippen molar-refractivity contribution >= 4 is 29.4 Å². The summed E-state index contributed by atoms with van der Waals surface area (Å²) >= 11 is 1.63. The molecule has 0 aliphatic heterocycles. The highest BCUT2D eigenvalue weighted by Crippen LogP contribution is 2.25. The molecule has 0 aliphatic rings. The van der Waals surface area contributed by atoms with Crippen LogP contribution in [-0.4, -0.2) is 18.2 Å². The maximum absolute atomic E-state index is 13.6. The molecule has 3 rings (SSSR count). The van der Waals surface area contributed by atoms with Crippen LogP contribution in [0.3, 0.4) is 0 Å². The van der Waals surface area contributed by atoms with E-state index in [1.807, 2.05) is 35.8 Å². The molecule has 3 aromatic carbocycles. The summed E-state index contributed by atoms with van der Waals surface area (Å²) in [5, 5.41) is 4.30. The molecule has 8 heteroatoms. The number of carbonyl (C=O) groups is 2. The van der Waals surface area contributed by atoms with Crippen LogP contribution in [0.2, 0.25) is 0 Å². The minimum atomic E-state index is -1.17. The summed E-state index contributed by atoms with van der Waals surface area (Å²) in [6.07, 6.45) is 1.98. The number of carbonyl (C=O) groups excluding carboxylic acids is 2. The third-order valence-corrected chi connectivity index (χ3v) is 4.57. The van der Waals surface area contributed by atoms with E-state index in [0.29, 0.717) is 17.2 Å². The van der Waals surface area contributed by atoms with Crippen LogP contribution in [0, 0.1) is 11.6 Å². The van der Waals surface area contributed by atoms with E-state index in [9.17, 15) is 18.4 Å². The van der Waals surface area contributed by atoms with E-state index in [2.05, 4.69) is 5.32 Å². The second-order valence-electron chi connectivity index (χ2n) is 5.81. The van der Waals surface area contributed by atoms with Gasteiger partial charge in [-0.25, -0.2) is 13.6 Å². The van der Waals surface area contributed by atoms with Crippen LogP contribution in [0.25, 0.3) is 0 Å². The zero-order valence-corrected chi connectivity index (χ0v) is 16.1. The number of rotatable bonds is 5. The molecular formula is C21H16F2N2O3S. The molecule has 5 nitrogen and oxygen atoms in total. The Bertz CT molecular complexity index is 1000. The van der Waals surface area contributed by atoms with Crippen molar-refractivity contribution in [3.8, 4) is 11.5 Å². The fraction of sp³-hybridized carbons (Fsp3) is 0.0476. The van der Waals surface area contributed by atoms with Gasteiger partial charge in [-0.2, -0.15) is 0 Å². The van der Waals surface area contributed by atoms with Gasteiger partial charge in [-0.1, -0.05) is 6.07 Å². The number of anilines is 1. The molecule has 3 aromatic rings. The van der Waals surface area contributed by atoms with Gasteiger partial charge in [0, 0.05) is 10.6 Å². The minimum Gasteiger partial charge on any atom is -0.457 e. The molecule has 148 valence electrons. The average molecular weight is 414 g/mol. The Morgan fingerprint density at radius 2 is 1.41 bits per heavy atom. The van der Waals surface area contributed by atoms with Gasteiger partial charge in [0.25, 0.3) is 5.91 Å². The summed E-state index contributed by atoms with van der Waals surface area (Å²) < 4.78 is 32.9. The van der Waals surface area contributed by atoms with Crippen molar-refractivity contribution in [1.82, 2.24) is 5.32 Å². The van der Waals surface area contributed by atoms with Crippen LogP contribution < -0.4 is 15.4 Å². The van der Waals surface area contributed by atoms with Gasteiger partial charge in [0.15, 0.2) is 0 Å². The molecule has 0 atom stereocenters. The molecule has 0 bridgehead atoms. The Balaban J connectivity index is 1.58. The lowest BCUT2D eigenvalue weighted by Crippen LogP contribution is -2.35. The number of benzene rings is 3. The van der Waals surface area contributed by atoms with E-state index >= 15 is 0 Å². The lowest BCUT2D eigenvalue weighted by molar-refractivity contribution is 0.0959. The highest BCUT2D eigenvalue weighted by atomic mass is 32.2. The van der Waals surface area contributed by atoms with Crippen molar-refractivity contribution in [3.05, 3.63) is 83.9 Å². The smallest absolute Gasteiger partial charge is 0.326 e. The van der Waals surface area contributed by atoms with Gasteiger partial charge >= 0.3 is 6.03 Å². The number of amides is 3. The van der Waals surface area contributed by atoms with E-state index in [4.69, 9.17) is 4.74 Å². The zero-order valence-electron chi connectivity index (χ0n) is 15.2. The monoisotopic (exact) mass is 414 g/mol. The maximum atomic E-state index is 13.6. The molecule has 0 aromatic heterocycles. The molecule has 0 fully saturated rings. The molecule has 2 N–H and O–H groups in total. The van der Waals surface area contributed by atoms with Crippen LogP contribution in [0.4, 0.5) is 19.3 Å². The number of thioether (sulfide) groups is 1. The first-order valence-corrected chi connectivity index (χ1v) is 9.67. The van der Waals surface area contributed by atoms with Crippen molar-refractivity contribution in [1.29, 1.82) is 0 Å². The zero-order chi connectivity index (χ0) is 20.8. The molecule has 0 saturated heterocycles. The van der Waals surface area contributed by atoms with Gasteiger partial charge in [0.05, 0.1) is 0 Å². The molecule has 0 saturated carbocycles. The number of imide groups is 1. The Hall–Kier alpha value is -3.39. The standard InChI is InChI=1S/C21H16F2N2O3S/c1-29-16-11-9-15(10-12-16)28-14-7-5-13(6-8-14)24-21(27)25-20(26)19-17(22)3-2-4-18(19)23/h2-12H,1H3,(H2,24,25,26,27). The number of urea groups is 1. The normalized spacial score (nSPS) is 10.3. The largest absolute Gasteiger partial charge is 0.457 e. The van der Waals surface area contributed by atoms with Crippen LogP contribution in [0.5, 0.6) is 11.5 Å². The van der Waals surface area contributed by atoms with E-state index in [-0.39, 0.29) is 0 Å². The predicted molar refractivity (Wildman–Crippen MR) is 108 cm³/mol. The first-order valence-electron chi connectivity index (χ1n) is 8.44. The van der Waals surface area contributed by atoms with Gasteiger partial charge in [-0.05, 0) is 66.9 Å². The Labute approximate surface area is 170 Å². The number of hydrogen-bond donors (Lipinski definition) is 2. The van der Waals surface area contributed by atoms with Crippen molar-refractivity contribution in [2.45, 2.75) is 4.90 Å². The molecule has 29 heavy (non-hydrogen) atoms. The Morgan fingerprint density at radius 3 is 1.97 bits per heavy atom. The summed E-state index contributed by atoms with van der Waals surface area (Å²) in [6, 6.07) is 16.1. The summed E-state index contributed by atoms with van der Waals surface area (Å²) in [4.78, 5) is 25.0. The molecular weight excluding hydrogens is 398 g/mol.